The highest BCUT2D eigenvalue weighted by molar-refractivity contribution is 9.10. The first kappa shape index (κ1) is 13.4. The van der Waals surface area contributed by atoms with Crippen LogP contribution in [-0.2, 0) is 4.74 Å². The minimum absolute atomic E-state index is 0.0690. The Morgan fingerprint density at radius 2 is 2.41 bits per heavy atom. The molecule has 0 radical (unpaired) electrons. The van der Waals surface area contributed by atoms with Crippen LogP contribution in [0.3, 0.4) is 0 Å². The largest absolute Gasteiger partial charge is 0.377 e. The minimum Gasteiger partial charge on any atom is -0.377 e. The van der Waals surface area contributed by atoms with Crippen LogP contribution < -0.4 is 5.73 Å². The fourth-order valence-electron chi connectivity index (χ4n) is 1.97. The molecule has 0 bridgehead atoms. The van der Waals surface area contributed by atoms with Gasteiger partial charge in [0.2, 0.25) is 0 Å². The van der Waals surface area contributed by atoms with Gasteiger partial charge in [0, 0.05) is 27.8 Å². The van der Waals surface area contributed by atoms with Gasteiger partial charge in [-0.2, -0.15) is 0 Å². The van der Waals surface area contributed by atoms with Crippen molar-refractivity contribution in [2.45, 2.75) is 36.8 Å². The highest BCUT2D eigenvalue weighted by atomic mass is 79.9. The van der Waals surface area contributed by atoms with Crippen molar-refractivity contribution < 1.29 is 4.74 Å². The van der Waals surface area contributed by atoms with Crippen LogP contribution in [0.15, 0.2) is 27.6 Å². The second-order valence-corrected chi connectivity index (χ2v) is 6.39. The molecular formula is C13H18BrNOS. The van der Waals surface area contributed by atoms with Gasteiger partial charge in [0.15, 0.2) is 0 Å². The van der Waals surface area contributed by atoms with Crippen molar-refractivity contribution >= 4 is 27.7 Å². The van der Waals surface area contributed by atoms with E-state index in [-0.39, 0.29) is 6.04 Å². The molecule has 0 saturated carbocycles. The number of hydrogen-bond donors (Lipinski definition) is 1. The van der Waals surface area contributed by atoms with Crippen molar-refractivity contribution in [1.82, 2.24) is 0 Å². The van der Waals surface area contributed by atoms with Gasteiger partial charge in [-0.05, 0) is 43.5 Å². The van der Waals surface area contributed by atoms with Crippen LogP contribution in [0, 0.1) is 0 Å². The van der Waals surface area contributed by atoms with E-state index in [2.05, 4.69) is 34.1 Å². The van der Waals surface area contributed by atoms with Crippen molar-refractivity contribution in [3.8, 4) is 0 Å². The van der Waals surface area contributed by atoms with Crippen LogP contribution in [0.1, 0.15) is 31.4 Å². The molecule has 1 fully saturated rings. The summed E-state index contributed by atoms with van der Waals surface area (Å²) >= 11 is 5.35. The third-order valence-electron chi connectivity index (χ3n) is 2.91. The zero-order valence-corrected chi connectivity index (χ0v) is 12.4. The third kappa shape index (κ3) is 3.71. The maximum atomic E-state index is 6.00. The minimum atomic E-state index is 0.0690. The first-order valence-corrected chi connectivity index (χ1v) is 7.74. The molecule has 1 saturated heterocycles. The molecule has 2 atom stereocenters. The fraction of sp³-hybridized carbons (Fsp3) is 0.538. The number of thioether (sulfide) groups is 1. The standard InChI is InChI=1S/C13H18BrNOS/c1-9(15)12-7-10(14)4-5-13(12)17-8-11-3-2-6-16-11/h4-5,7,9,11H,2-3,6,8,15H2,1H3. The number of halogens is 1. The summed E-state index contributed by atoms with van der Waals surface area (Å²) in [6.45, 7) is 2.95. The predicted molar refractivity (Wildman–Crippen MR) is 76.4 cm³/mol. The predicted octanol–water partition coefficient (Wildman–Crippen LogP) is 3.74. The summed E-state index contributed by atoms with van der Waals surface area (Å²) in [6.07, 6.45) is 2.81. The van der Waals surface area contributed by atoms with Crippen LogP contribution >= 0.6 is 27.7 Å². The number of rotatable bonds is 4. The van der Waals surface area contributed by atoms with Crippen LogP contribution in [0.25, 0.3) is 0 Å². The Bertz CT molecular complexity index is 378. The lowest BCUT2D eigenvalue weighted by atomic mass is 10.1. The normalized spacial score (nSPS) is 21.7. The molecule has 0 aliphatic carbocycles. The first-order valence-electron chi connectivity index (χ1n) is 5.96. The van der Waals surface area contributed by atoms with E-state index in [9.17, 15) is 0 Å². The Balaban J connectivity index is 2.03. The molecule has 1 aliphatic rings. The molecule has 1 heterocycles. The number of nitrogens with two attached hydrogens (primary N) is 1. The molecular weight excluding hydrogens is 298 g/mol. The molecule has 0 amide bonds. The van der Waals surface area contributed by atoms with Gasteiger partial charge < -0.3 is 10.5 Å². The number of ether oxygens (including phenoxy) is 1. The van der Waals surface area contributed by atoms with E-state index in [1.54, 1.807) is 0 Å². The quantitative estimate of drug-likeness (QED) is 0.860. The van der Waals surface area contributed by atoms with Crippen molar-refractivity contribution in [3.63, 3.8) is 0 Å². The second-order valence-electron chi connectivity index (χ2n) is 4.42. The van der Waals surface area contributed by atoms with E-state index in [1.807, 2.05) is 18.7 Å². The van der Waals surface area contributed by atoms with E-state index in [4.69, 9.17) is 10.5 Å². The maximum Gasteiger partial charge on any atom is 0.0669 e. The van der Waals surface area contributed by atoms with Gasteiger partial charge in [-0.1, -0.05) is 15.9 Å². The number of hydrogen-bond acceptors (Lipinski definition) is 3. The van der Waals surface area contributed by atoms with Crippen LogP contribution in [0.2, 0.25) is 0 Å². The average Bonchev–Trinajstić information content (AvgIpc) is 2.80. The molecule has 17 heavy (non-hydrogen) atoms. The molecule has 4 heteroatoms. The molecule has 94 valence electrons. The van der Waals surface area contributed by atoms with E-state index < -0.39 is 0 Å². The van der Waals surface area contributed by atoms with E-state index in [1.165, 1.54) is 23.3 Å². The summed E-state index contributed by atoms with van der Waals surface area (Å²) in [7, 11) is 0. The Labute approximate surface area is 115 Å². The molecule has 1 aromatic carbocycles. The lowest BCUT2D eigenvalue weighted by Crippen LogP contribution is -2.10. The summed E-state index contributed by atoms with van der Waals surface area (Å²) in [4.78, 5) is 1.28. The first-order chi connectivity index (χ1) is 8.16. The molecule has 1 aliphatic heterocycles. The van der Waals surface area contributed by atoms with Crippen molar-refractivity contribution in [3.05, 3.63) is 28.2 Å². The Morgan fingerprint density at radius 1 is 1.59 bits per heavy atom. The molecule has 1 aromatic rings. The Hall–Kier alpha value is -0.0300. The lowest BCUT2D eigenvalue weighted by Gasteiger charge is -2.14. The van der Waals surface area contributed by atoms with E-state index in [0.29, 0.717) is 6.10 Å². The van der Waals surface area contributed by atoms with Gasteiger partial charge in [0.1, 0.15) is 0 Å². The summed E-state index contributed by atoms with van der Waals surface area (Å²) in [6, 6.07) is 6.40. The van der Waals surface area contributed by atoms with Crippen molar-refractivity contribution in [2.75, 3.05) is 12.4 Å². The van der Waals surface area contributed by atoms with Crippen LogP contribution in [-0.4, -0.2) is 18.5 Å². The lowest BCUT2D eigenvalue weighted by molar-refractivity contribution is 0.129. The molecule has 2 unspecified atom stereocenters. The third-order valence-corrected chi connectivity index (χ3v) is 4.63. The van der Waals surface area contributed by atoms with Gasteiger partial charge in [0.25, 0.3) is 0 Å². The number of benzene rings is 1. The molecule has 2 rings (SSSR count). The smallest absolute Gasteiger partial charge is 0.0669 e. The van der Waals surface area contributed by atoms with Crippen molar-refractivity contribution in [1.29, 1.82) is 0 Å². The summed E-state index contributed by atoms with van der Waals surface area (Å²) < 4.78 is 6.73. The maximum absolute atomic E-state index is 6.00. The summed E-state index contributed by atoms with van der Waals surface area (Å²) in [5.41, 5.74) is 7.21. The van der Waals surface area contributed by atoms with Crippen LogP contribution in [0.4, 0.5) is 0 Å². The van der Waals surface area contributed by atoms with Gasteiger partial charge in [0.05, 0.1) is 6.10 Å². The summed E-state index contributed by atoms with van der Waals surface area (Å²) in [5.74, 6) is 1.03. The summed E-state index contributed by atoms with van der Waals surface area (Å²) in [5, 5.41) is 0. The molecule has 2 N–H and O–H groups in total. The SMILES string of the molecule is CC(N)c1cc(Br)ccc1SCC1CCCO1. The highest BCUT2D eigenvalue weighted by Crippen LogP contribution is 2.31. The Kier molecular flexibility index (Phi) is 4.91. The monoisotopic (exact) mass is 315 g/mol. The van der Waals surface area contributed by atoms with E-state index in [0.717, 1.165) is 16.8 Å². The van der Waals surface area contributed by atoms with Gasteiger partial charge >= 0.3 is 0 Å². The average molecular weight is 316 g/mol. The Morgan fingerprint density at radius 3 is 3.06 bits per heavy atom. The zero-order valence-electron chi connectivity index (χ0n) is 9.99. The molecule has 0 aromatic heterocycles. The van der Waals surface area contributed by atoms with Crippen LogP contribution in [0.5, 0.6) is 0 Å². The molecule has 2 nitrogen and oxygen atoms in total. The van der Waals surface area contributed by atoms with Gasteiger partial charge in [-0.3, -0.25) is 0 Å². The van der Waals surface area contributed by atoms with Gasteiger partial charge in [-0.25, -0.2) is 0 Å². The van der Waals surface area contributed by atoms with Gasteiger partial charge in [-0.15, -0.1) is 11.8 Å². The second kappa shape index (κ2) is 6.23. The highest BCUT2D eigenvalue weighted by Gasteiger charge is 2.17. The zero-order chi connectivity index (χ0) is 12.3. The van der Waals surface area contributed by atoms with E-state index >= 15 is 0 Å². The fourth-order valence-corrected chi connectivity index (χ4v) is 3.55. The van der Waals surface area contributed by atoms with Crippen molar-refractivity contribution in [2.24, 2.45) is 5.73 Å². The molecule has 0 spiro atoms. The topological polar surface area (TPSA) is 35.2 Å².